The van der Waals surface area contributed by atoms with Gasteiger partial charge in [-0.05, 0) is 44.0 Å². The highest BCUT2D eigenvalue weighted by Gasteiger charge is 2.09. The molecule has 0 aliphatic carbocycles. The van der Waals surface area contributed by atoms with Crippen LogP contribution in [0.25, 0.3) is 0 Å². The SMILES string of the molecule is COc1cc(OC)c(/C=N\N=C/c2cc(Br)c(OC)cc2OC)cc1Br. The molecule has 0 saturated heterocycles. The summed E-state index contributed by atoms with van der Waals surface area (Å²) in [6, 6.07) is 7.25. The molecule has 0 aliphatic heterocycles. The molecule has 0 bridgehead atoms. The number of rotatable bonds is 7. The zero-order chi connectivity index (χ0) is 19.1. The largest absolute Gasteiger partial charge is 0.496 e. The van der Waals surface area contributed by atoms with Crippen molar-refractivity contribution in [3.05, 3.63) is 44.3 Å². The second-order valence-corrected chi connectivity index (χ2v) is 6.66. The van der Waals surface area contributed by atoms with Crippen molar-refractivity contribution in [2.75, 3.05) is 28.4 Å². The molecule has 0 fully saturated rings. The third-order valence-electron chi connectivity index (χ3n) is 3.47. The topological polar surface area (TPSA) is 61.6 Å². The Bertz CT molecular complexity index is 769. The van der Waals surface area contributed by atoms with E-state index in [4.69, 9.17) is 18.9 Å². The molecule has 0 amide bonds. The van der Waals surface area contributed by atoms with E-state index in [1.807, 2.05) is 12.1 Å². The maximum atomic E-state index is 5.35. The lowest BCUT2D eigenvalue weighted by Crippen LogP contribution is -1.94. The van der Waals surface area contributed by atoms with Crippen LogP contribution in [-0.2, 0) is 0 Å². The van der Waals surface area contributed by atoms with Crippen LogP contribution in [-0.4, -0.2) is 40.9 Å². The van der Waals surface area contributed by atoms with Gasteiger partial charge in [-0.3, -0.25) is 0 Å². The molecule has 0 aromatic heterocycles. The Kier molecular flexibility index (Phi) is 7.47. The van der Waals surface area contributed by atoms with Crippen LogP contribution in [0.15, 0.2) is 43.4 Å². The number of hydrogen-bond acceptors (Lipinski definition) is 6. The van der Waals surface area contributed by atoms with Gasteiger partial charge in [0.05, 0.1) is 49.8 Å². The van der Waals surface area contributed by atoms with Gasteiger partial charge >= 0.3 is 0 Å². The summed E-state index contributed by atoms with van der Waals surface area (Å²) >= 11 is 6.89. The van der Waals surface area contributed by atoms with E-state index >= 15 is 0 Å². The Labute approximate surface area is 169 Å². The summed E-state index contributed by atoms with van der Waals surface area (Å²) in [6.45, 7) is 0. The third-order valence-corrected chi connectivity index (χ3v) is 4.71. The average Bonchev–Trinajstić information content (AvgIpc) is 2.65. The molecule has 138 valence electrons. The lowest BCUT2D eigenvalue weighted by Gasteiger charge is -2.09. The highest BCUT2D eigenvalue weighted by Crippen LogP contribution is 2.33. The Hall–Kier alpha value is -2.06. The Morgan fingerprint density at radius 1 is 0.615 bits per heavy atom. The number of methoxy groups -OCH3 is 4. The van der Waals surface area contributed by atoms with E-state index in [2.05, 4.69) is 42.1 Å². The summed E-state index contributed by atoms with van der Waals surface area (Å²) in [5.41, 5.74) is 1.53. The van der Waals surface area contributed by atoms with E-state index in [-0.39, 0.29) is 0 Å². The molecule has 0 spiro atoms. The van der Waals surface area contributed by atoms with E-state index in [1.165, 1.54) is 0 Å². The molecule has 0 radical (unpaired) electrons. The van der Waals surface area contributed by atoms with Crippen LogP contribution in [0.3, 0.4) is 0 Å². The Morgan fingerprint density at radius 3 is 1.27 bits per heavy atom. The van der Waals surface area contributed by atoms with Crippen LogP contribution in [0.2, 0.25) is 0 Å². The minimum Gasteiger partial charge on any atom is -0.496 e. The highest BCUT2D eigenvalue weighted by molar-refractivity contribution is 9.10. The molecule has 0 aliphatic rings. The molecule has 0 atom stereocenters. The van der Waals surface area contributed by atoms with E-state index in [0.717, 1.165) is 20.1 Å². The molecule has 2 aromatic carbocycles. The van der Waals surface area contributed by atoms with Crippen LogP contribution in [0, 0.1) is 0 Å². The van der Waals surface area contributed by atoms with E-state index in [9.17, 15) is 0 Å². The van der Waals surface area contributed by atoms with Gasteiger partial charge in [-0.15, -0.1) is 0 Å². The van der Waals surface area contributed by atoms with Gasteiger partial charge < -0.3 is 18.9 Å². The summed E-state index contributed by atoms with van der Waals surface area (Å²) in [7, 11) is 6.36. The van der Waals surface area contributed by atoms with Gasteiger partial charge in [0.1, 0.15) is 23.0 Å². The monoisotopic (exact) mass is 484 g/mol. The summed E-state index contributed by atoms with van der Waals surface area (Å²) in [6.07, 6.45) is 3.20. The van der Waals surface area contributed by atoms with Crippen molar-refractivity contribution in [1.82, 2.24) is 0 Å². The number of halogens is 2. The van der Waals surface area contributed by atoms with Gasteiger partial charge in [-0.25, -0.2) is 0 Å². The second-order valence-electron chi connectivity index (χ2n) is 4.95. The lowest BCUT2D eigenvalue weighted by molar-refractivity contribution is 0.392. The highest BCUT2D eigenvalue weighted by atomic mass is 79.9. The van der Waals surface area contributed by atoms with E-state index in [0.29, 0.717) is 23.0 Å². The molecule has 6 nitrogen and oxygen atoms in total. The predicted molar refractivity (Wildman–Crippen MR) is 110 cm³/mol. The molecule has 26 heavy (non-hydrogen) atoms. The van der Waals surface area contributed by atoms with Crippen LogP contribution in [0.1, 0.15) is 11.1 Å². The molecule has 0 saturated carbocycles. The van der Waals surface area contributed by atoms with Crippen molar-refractivity contribution in [2.24, 2.45) is 10.2 Å². The first kappa shape index (κ1) is 20.3. The van der Waals surface area contributed by atoms with Gasteiger partial charge in [0.2, 0.25) is 0 Å². The zero-order valence-electron chi connectivity index (χ0n) is 14.7. The minimum atomic E-state index is 0.633. The fourth-order valence-electron chi connectivity index (χ4n) is 2.16. The maximum Gasteiger partial charge on any atom is 0.136 e. The fourth-order valence-corrected chi connectivity index (χ4v) is 3.21. The Morgan fingerprint density at radius 2 is 0.962 bits per heavy atom. The third kappa shape index (κ3) is 4.76. The first-order valence-corrected chi connectivity index (χ1v) is 9.02. The van der Waals surface area contributed by atoms with Gasteiger partial charge in [0, 0.05) is 23.3 Å². The summed E-state index contributed by atoms with van der Waals surface area (Å²) in [5.74, 6) is 2.62. The quantitative estimate of drug-likeness (QED) is 0.421. The van der Waals surface area contributed by atoms with Crippen molar-refractivity contribution < 1.29 is 18.9 Å². The summed E-state index contributed by atoms with van der Waals surface area (Å²) in [4.78, 5) is 0. The van der Waals surface area contributed by atoms with E-state index < -0.39 is 0 Å². The number of nitrogens with zero attached hydrogens (tertiary/aromatic N) is 2. The average molecular weight is 486 g/mol. The molecule has 2 rings (SSSR count). The van der Waals surface area contributed by atoms with Crippen LogP contribution < -0.4 is 18.9 Å². The molecule has 0 heterocycles. The first-order valence-electron chi connectivity index (χ1n) is 7.43. The standard InChI is InChI=1S/C18H18Br2N2O4/c1-23-15-7-17(25-3)13(19)5-11(15)9-21-22-10-12-6-14(20)18(26-4)8-16(12)24-2/h5-10H,1-4H3/b21-9-,22-10-. The maximum absolute atomic E-state index is 5.35. The molecular formula is C18H18Br2N2O4. The zero-order valence-corrected chi connectivity index (χ0v) is 17.9. The Balaban J connectivity index is 2.26. The van der Waals surface area contributed by atoms with Gasteiger partial charge in [0.25, 0.3) is 0 Å². The van der Waals surface area contributed by atoms with E-state index in [1.54, 1.807) is 53.0 Å². The van der Waals surface area contributed by atoms with Crippen LogP contribution in [0.4, 0.5) is 0 Å². The van der Waals surface area contributed by atoms with Gasteiger partial charge in [-0.1, -0.05) is 0 Å². The second kappa shape index (κ2) is 9.59. The van der Waals surface area contributed by atoms with Crippen LogP contribution in [0.5, 0.6) is 23.0 Å². The molecule has 0 unspecified atom stereocenters. The summed E-state index contributed by atoms with van der Waals surface area (Å²) in [5, 5.41) is 8.18. The number of hydrogen-bond donors (Lipinski definition) is 0. The molecule has 8 heteroatoms. The van der Waals surface area contributed by atoms with Crippen molar-refractivity contribution in [2.45, 2.75) is 0 Å². The van der Waals surface area contributed by atoms with Crippen molar-refractivity contribution in [3.63, 3.8) is 0 Å². The van der Waals surface area contributed by atoms with Crippen molar-refractivity contribution in [3.8, 4) is 23.0 Å². The number of benzene rings is 2. The smallest absolute Gasteiger partial charge is 0.136 e. The molecule has 2 aromatic rings. The van der Waals surface area contributed by atoms with Crippen molar-refractivity contribution in [1.29, 1.82) is 0 Å². The van der Waals surface area contributed by atoms with Gasteiger partial charge in [-0.2, -0.15) is 10.2 Å². The predicted octanol–water partition coefficient (Wildman–Crippen LogP) is 4.70. The van der Waals surface area contributed by atoms with Crippen molar-refractivity contribution >= 4 is 44.3 Å². The fraction of sp³-hybridized carbons (Fsp3) is 0.222. The molecule has 0 N–H and O–H groups in total. The lowest BCUT2D eigenvalue weighted by atomic mass is 10.2. The normalized spacial score (nSPS) is 11.2. The van der Waals surface area contributed by atoms with Crippen LogP contribution >= 0.6 is 31.9 Å². The number of ether oxygens (including phenoxy) is 4. The van der Waals surface area contributed by atoms with Gasteiger partial charge in [0.15, 0.2) is 0 Å². The summed E-state index contributed by atoms with van der Waals surface area (Å²) < 4.78 is 22.8. The molecular weight excluding hydrogens is 468 g/mol. The minimum absolute atomic E-state index is 0.633. The first-order chi connectivity index (χ1) is 12.5.